The van der Waals surface area contributed by atoms with Crippen LogP contribution in [0.5, 0.6) is 5.75 Å². The molecule has 0 aromatic heterocycles. The first-order chi connectivity index (χ1) is 8.63. The second-order valence-electron chi connectivity index (χ2n) is 4.29. The van der Waals surface area contributed by atoms with E-state index in [1.54, 1.807) is 31.4 Å². The molecule has 0 aliphatic carbocycles. The number of carbonyl (C=O) groups is 2. The van der Waals surface area contributed by atoms with Crippen molar-refractivity contribution in [1.29, 1.82) is 0 Å². The van der Waals surface area contributed by atoms with E-state index >= 15 is 0 Å². The molecule has 18 heavy (non-hydrogen) atoms. The number of ether oxygens (including phenoxy) is 1. The molecule has 0 radical (unpaired) electrons. The molecule has 5 heteroatoms. The van der Waals surface area contributed by atoms with E-state index in [-0.39, 0.29) is 5.91 Å². The van der Waals surface area contributed by atoms with Crippen LogP contribution in [-0.4, -0.2) is 36.4 Å². The zero-order valence-electron chi connectivity index (χ0n) is 10.3. The highest BCUT2D eigenvalue weighted by Crippen LogP contribution is 2.21. The Morgan fingerprint density at radius 3 is 2.89 bits per heavy atom. The second kappa shape index (κ2) is 5.08. The van der Waals surface area contributed by atoms with E-state index < -0.39 is 11.9 Å². The monoisotopic (exact) mass is 248 g/mol. The summed E-state index contributed by atoms with van der Waals surface area (Å²) >= 11 is 0. The van der Waals surface area contributed by atoms with Gasteiger partial charge in [-0.1, -0.05) is 6.07 Å². The Labute approximate surface area is 106 Å². The van der Waals surface area contributed by atoms with Gasteiger partial charge in [-0.2, -0.15) is 0 Å². The minimum absolute atomic E-state index is 0.171. The maximum absolute atomic E-state index is 12.3. The van der Waals surface area contributed by atoms with Crippen molar-refractivity contribution in [3.8, 4) is 5.75 Å². The van der Waals surface area contributed by atoms with E-state index in [0.717, 1.165) is 6.42 Å². The van der Waals surface area contributed by atoms with Crippen molar-refractivity contribution in [3.63, 3.8) is 0 Å². The number of rotatable bonds is 3. The van der Waals surface area contributed by atoms with Crippen LogP contribution in [0.2, 0.25) is 0 Å². The highest BCUT2D eigenvalue weighted by atomic mass is 16.5. The molecule has 0 spiro atoms. The van der Waals surface area contributed by atoms with E-state index in [4.69, 9.17) is 10.5 Å². The summed E-state index contributed by atoms with van der Waals surface area (Å²) in [6.45, 7) is 0.573. The number of primary amides is 1. The molecule has 1 aromatic carbocycles. The van der Waals surface area contributed by atoms with E-state index in [9.17, 15) is 9.59 Å². The first kappa shape index (κ1) is 12.4. The van der Waals surface area contributed by atoms with Crippen LogP contribution >= 0.6 is 0 Å². The molecule has 5 nitrogen and oxygen atoms in total. The van der Waals surface area contributed by atoms with Gasteiger partial charge in [0.15, 0.2) is 0 Å². The standard InChI is InChI=1S/C13H16N2O3/c1-18-10-5-2-4-9(8-10)13(17)15-7-3-6-11(15)12(14)16/h2,4-5,8,11H,3,6-7H2,1H3,(H2,14,16). The Balaban J connectivity index is 2.22. The second-order valence-corrected chi connectivity index (χ2v) is 4.29. The van der Waals surface area contributed by atoms with Crippen LogP contribution in [0.1, 0.15) is 23.2 Å². The normalized spacial score (nSPS) is 18.7. The van der Waals surface area contributed by atoms with Crippen LogP contribution in [0.25, 0.3) is 0 Å². The summed E-state index contributed by atoms with van der Waals surface area (Å²) in [6.07, 6.45) is 1.45. The molecule has 1 unspecified atom stereocenters. The topological polar surface area (TPSA) is 72.6 Å². The smallest absolute Gasteiger partial charge is 0.254 e. The van der Waals surface area contributed by atoms with Crippen LogP contribution < -0.4 is 10.5 Å². The first-order valence-corrected chi connectivity index (χ1v) is 5.88. The van der Waals surface area contributed by atoms with Crippen LogP contribution in [0, 0.1) is 0 Å². The van der Waals surface area contributed by atoms with Crippen molar-refractivity contribution in [1.82, 2.24) is 4.90 Å². The maximum atomic E-state index is 12.3. The van der Waals surface area contributed by atoms with Crippen LogP contribution in [-0.2, 0) is 4.79 Å². The number of methoxy groups -OCH3 is 1. The zero-order valence-corrected chi connectivity index (χ0v) is 10.3. The van der Waals surface area contributed by atoms with Crippen molar-refractivity contribution in [2.75, 3.05) is 13.7 Å². The van der Waals surface area contributed by atoms with Gasteiger partial charge in [-0.3, -0.25) is 9.59 Å². The van der Waals surface area contributed by atoms with E-state index in [2.05, 4.69) is 0 Å². The molecule has 1 atom stereocenters. The van der Waals surface area contributed by atoms with Gasteiger partial charge in [0.05, 0.1) is 7.11 Å². The largest absolute Gasteiger partial charge is 0.497 e. The third-order valence-corrected chi connectivity index (χ3v) is 3.16. The molecule has 2 rings (SSSR count). The average molecular weight is 248 g/mol. The molecular formula is C13H16N2O3. The number of hydrogen-bond acceptors (Lipinski definition) is 3. The minimum Gasteiger partial charge on any atom is -0.497 e. The van der Waals surface area contributed by atoms with Crippen molar-refractivity contribution in [3.05, 3.63) is 29.8 Å². The SMILES string of the molecule is COc1cccc(C(=O)N2CCCC2C(N)=O)c1. The van der Waals surface area contributed by atoms with Crippen LogP contribution in [0.15, 0.2) is 24.3 Å². The Bertz CT molecular complexity index is 473. The Morgan fingerprint density at radius 1 is 1.44 bits per heavy atom. The first-order valence-electron chi connectivity index (χ1n) is 5.88. The molecule has 1 saturated heterocycles. The number of carbonyl (C=O) groups excluding carboxylic acids is 2. The third kappa shape index (κ3) is 2.30. The van der Waals surface area contributed by atoms with Gasteiger partial charge in [-0.15, -0.1) is 0 Å². The van der Waals surface area contributed by atoms with Gasteiger partial charge < -0.3 is 15.4 Å². The predicted octanol–water partition coefficient (Wildman–Crippen LogP) is 0.785. The highest BCUT2D eigenvalue weighted by molar-refractivity contribution is 5.98. The predicted molar refractivity (Wildman–Crippen MR) is 66.2 cm³/mol. The lowest BCUT2D eigenvalue weighted by Gasteiger charge is -2.22. The number of benzene rings is 1. The van der Waals surface area contributed by atoms with Gasteiger partial charge >= 0.3 is 0 Å². The molecule has 1 heterocycles. The molecule has 1 aliphatic rings. The summed E-state index contributed by atoms with van der Waals surface area (Å²) in [5.41, 5.74) is 5.82. The highest BCUT2D eigenvalue weighted by Gasteiger charge is 2.33. The average Bonchev–Trinajstić information content (AvgIpc) is 2.87. The quantitative estimate of drug-likeness (QED) is 0.859. The number of likely N-dealkylation sites (tertiary alicyclic amines) is 1. The fourth-order valence-corrected chi connectivity index (χ4v) is 2.23. The minimum atomic E-state index is -0.483. The Hall–Kier alpha value is -2.04. The van der Waals surface area contributed by atoms with Crippen molar-refractivity contribution in [2.24, 2.45) is 5.73 Å². The molecule has 1 aromatic rings. The fraction of sp³-hybridized carbons (Fsp3) is 0.385. The van der Waals surface area contributed by atoms with Gasteiger partial charge in [0.25, 0.3) is 5.91 Å². The zero-order chi connectivity index (χ0) is 13.1. The molecule has 2 amide bonds. The fourth-order valence-electron chi connectivity index (χ4n) is 2.23. The van der Waals surface area contributed by atoms with Crippen molar-refractivity contribution in [2.45, 2.75) is 18.9 Å². The number of nitrogens with zero attached hydrogens (tertiary/aromatic N) is 1. The molecule has 96 valence electrons. The molecule has 2 N–H and O–H groups in total. The summed E-state index contributed by atoms with van der Waals surface area (Å²) in [6, 6.07) is 6.41. The van der Waals surface area contributed by atoms with Gasteiger partial charge in [-0.05, 0) is 31.0 Å². The van der Waals surface area contributed by atoms with Crippen molar-refractivity contribution < 1.29 is 14.3 Å². The lowest BCUT2D eigenvalue weighted by Crippen LogP contribution is -2.43. The number of nitrogens with two attached hydrogens (primary N) is 1. The molecular weight excluding hydrogens is 232 g/mol. The third-order valence-electron chi connectivity index (χ3n) is 3.16. The van der Waals surface area contributed by atoms with Gasteiger partial charge in [-0.25, -0.2) is 0 Å². The van der Waals surface area contributed by atoms with E-state index in [1.807, 2.05) is 0 Å². The lowest BCUT2D eigenvalue weighted by molar-refractivity contribution is -0.121. The molecule has 1 aliphatic heterocycles. The Kier molecular flexibility index (Phi) is 3.50. The lowest BCUT2D eigenvalue weighted by atomic mass is 10.1. The van der Waals surface area contributed by atoms with Gasteiger partial charge in [0.2, 0.25) is 5.91 Å². The summed E-state index contributed by atoms with van der Waals surface area (Å²) in [5.74, 6) is 0.00891. The summed E-state index contributed by atoms with van der Waals surface area (Å²) in [7, 11) is 1.55. The maximum Gasteiger partial charge on any atom is 0.254 e. The van der Waals surface area contributed by atoms with E-state index in [0.29, 0.717) is 24.3 Å². The van der Waals surface area contributed by atoms with Crippen LogP contribution in [0.3, 0.4) is 0 Å². The van der Waals surface area contributed by atoms with Crippen molar-refractivity contribution >= 4 is 11.8 Å². The van der Waals surface area contributed by atoms with Gasteiger partial charge in [0.1, 0.15) is 11.8 Å². The molecule has 0 bridgehead atoms. The molecule has 0 saturated carbocycles. The summed E-state index contributed by atoms with van der Waals surface area (Å²) < 4.78 is 5.08. The molecule has 1 fully saturated rings. The Morgan fingerprint density at radius 2 is 2.22 bits per heavy atom. The number of hydrogen-bond donors (Lipinski definition) is 1. The van der Waals surface area contributed by atoms with Gasteiger partial charge in [0, 0.05) is 12.1 Å². The van der Waals surface area contributed by atoms with Crippen LogP contribution in [0.4, 0.5) is 0 Å². The van der Waals surface area contributed by atoms with E-state index in [1.165, 1.54) is 4.90 Å². The number of amides is 2. The summed E-state index contributed by atoms with van der Waals surface area (Å²) in [4.78, 5) is 25.1. The summed E-state index contributed by atoms with van der Waals surface area (Å²) in [5, 5.41) is 0.